The van der Waals surface area contributed by atoms with E-state index in [4.69, 9.17) is 9.47 Å². The van der Waals surface area contributed by atoms with Gasteiger partial charge in [0.1, 0.15) is 5.75 Å². The van der Waals surface area contributed by atoms with Gasteiger partial charge in [-0.15, -0.1) is 24.0 Å². The summed E-state index contributed by atoms with van der Waals surface area (Å²) in [7, 11) is 0. The monoisotopic (exact) mass is 476 g/mol. The first kappa shape index (κ1) is 23.0. The Labute approximate surface area is 174 Å². The van der Waals surface area contributed by atoms with Crippen molar-refractivity contribution >= 4 is 29.9 Å². The molecule has 0 amide bonds. The Morgan fingerprint density at radius 1 is 1.19 bits per heavy atom. The summed E-state index contributed by atoms with van der Waals surface area (Å²) in [5.41, 5.74) is 1.17. The molecule has 0 radical (unpaired) electrons. The van der Waals surface area contributed by atoms with Crippen LogP contribution in [0.2, 0.25) is 0 Å². The van der Waals surface area contributed by atoms with Crippen LogP contribution in [0.1, 0.15) is 26.3 Å². The molecule has 1 aliphatic heterocycles. The summed E-state index contributed by atoms with van der Waals surface area (Å²) in [4.78, 5) is 7.08. The van der Waals surface area contributed by atoms with Crippen molar-refractivity contribution in [1.82, 2.24) is 15.5 Å². The van der Waals surface area contributed by atoms with E-state index >= 15 is 0 Å². The van der Waals surface area contributed by atoms with E-state index in [0.29, 0.717) is 6.54 Å². The maximum Gasteiger partial charge on any atom is 0.191 e. The topological polar surface area (TPSA) is 58.1 Å². The molecule has 1 aromatic rings. The summed E-state index contributed by atoms with van der Waals surface area (Å²) in [5.74, 6) is 1.76. The first-order valence-corrected chi connectivity index (χ1v) is 9.25. The number of benzene rings is 1. The second-order valence-corrected chi connectivity index (χ2v) is 6.39. The third-order valence-corrected chi connectivity index (χ3v) is 3.88. The Bertz CT molecular complexity index is 517. The first-order chi connectivity index (χ1) is 12.2. The summed E-state index contributed by atoms with van der Waals surface area (Å²) in [6, 6.07) is 8.14. The van der Waals surface area contributed by atoms with Crippen molar-refractivity contribution in [2.45, 2.75) is 33.4 Å². The molecule has 0 aliphatic carbocycles. The quantitative estimate of drug-likeness (QED) is 0.343. The number of ether oxygens (including phenoxy) is 2. The summed E-state index contributed by atoms with van der Waals surface area (Å²) in [5, 5.41) is 6.71. The minimum Gasteiger partial charge on any atom is -0.491 e. The summed E-state index contributed by atoms with van der Waals surface area (Å²) < 4.78 is 11.0. The average molecular weight is 476 g/mol. The first-order valence-electron chi connectivity index (χ1n) is 9.25. The van der Waals surface area contributed by atoms with E-state index in [1.54, 1.807) is 0 Å². The Balaban J connectivity index is 0.00000338. The summed E-state index contributed by atoms with van der Waals surface area (Å²) in [6.07, 6.45) is 0.194. The standard InChI is InChI=1S/C19H32N4O2.HI/c1-4-20-19(21-9-10-23-11-13-24-14-12-23)22-15-17-5-7-18(8-6-17)25-16(2)3;/h5-8,16H,4,9-15H2,1-3H3,(H2,20,21,22);1H. The number of guanidine groups is 1. The molecule has 0 unspecified atom stereocenters. The second-order valence-electron chi connectivity index (χ2n) is 6.39. The lowest BCUT2D eigenvalue weighted by Crippen LogP contribution is -2.44. The molecule has 1 saturated heterocycles. The van der Waals surface area contributed by atoms with Gasteiger partial charge in [-0.05, 0) is 38.5 Å². The summed E-state index contributed by atoms with van der Waals surface area (Å²) >= 11 is 0. The summed E-state index contributed by atoms with van der Waals surface area (Å²) in [6.45, 7) is 13.2. The van der Waals surface area contributed by atoms with Crippen LogP contribution in [-0.2, 0) is 11.3 Å². The second kappa shape index (κ2) is 13.2. The fourth-order valence-electron chi connectivity index (χ4n) is 2.61. The minimum atomic E-state index is 0. The number of hydrogen-bond acceptors (Lipinski definition) is 4. The number of nitrogens with one attached hydrogen (secondary N) is 2. The van der Waals surface area contributed by atoms with Crippen molar-refractivity contribution in [2.24, 2.45) is 4.99 Å². The number of halogens is 1. The Kier molecular flexibility index (Phi) is 11.6. The van der Waals surface area contributed by atoms with Crippen LogP contribution in [0.5, 0.6) is 5.75 Å². The van der Waals surface area contributed by atoms with Crippen molar-refractivity contribution in [3.05, 3.63) is 29.8 Å². The lowest BCUT2D eigenvalue weighted by Gasteiger charge is -2.26. The number of hydrogen-bond donors (Lipinski definition) is 2. The molecule has 0 bridgehead atoms. The van der Waals surface area contributed by atoms with Crippen LogP contribution in [0.3, 0.4) is 0 Å². The van der Waals surface area contributed by atoms with Crippen LogP contribution in [0.15, 0.2) is 29.3 Å². The zero-order valence-electron chi connectivity index (χ0n) is 16.2. The molecule has 1 aliphatic rings. The third-order valence-electron chi connectivity index (χ3n) is 3.88. The lowest BCUT2D eigenvalue weighted by atomic mass is 10.2. The average Bonchev–Trinajstić information content (AvgIpc) is 2.61. The van der Waals surface area contributed by atoms with Crippen LogP contribution in [-0.4, -0.2) is 62.9 Å². The zero-order chi connectivity index (χ0) is 17.9. The highest BCUT2D eigenvalue weighted by Gasteiger charge is 2.09. The number of morpholine rings is 1. The van der Waals surface area contributed by atoms with Gasteiger partial charge in [0, 0.05) is 32.7 Å². The van der Waals surface area contributed by atoms with Gasteiger partial charge >= 0.3 is 0 Å². The van der Waals surface area contributed by atoms with Gasteiger partial charge in [0.25, 0.3) is 0 Å². The van der Waals surface area contributed by atoms with Crippen LogP contribution in [0.25, 0.3) is 0 Å². The fourth-order valence-corrected chi connectivity index (χ4v) is 2.61. The van der Waals surface area contributed by atoms with E-state index in [0.717, 1.165) is 57.6 Å². The molecule has 1 aromatic carbocycles. The predicted octanol–water partition coefficient (Wildman–Crippen LogP) is 2.48. The Morgan fingerprint density at radius 3 is 2.50 bits per heavy atom. The smallest absolute Gasteiger partial charge is 0.191 e. The minimum absolute atomic E-state index is 0. The van der Waals surface area contributed by atoms with Gasteiger partial charge in [-0.2, -0.15) is 0 Å². The van der Waals surface area contributed by atoms with Crippen molar-refractivity contribution < 1.29 is 9.47 Å². The molecular formula is C19H33IN4O2. The highest BCUT2D eigenvalue weighted by molar-refractivity contribution is 14.0. The molecule has 2 rings (SSSR count). The highest BCUT2D eigenvalue weighted by Crippen LogP contribution is 2.14. The van der Waals surface area contributed by atoms with Crippen LogP contribution in [0.4, 0.5) is 0 Å². The van der Waals surface area contributed by atoms with E-state index in [-0.39, 0.29) is 30.1 Å². The molecule has 7 heteroatoms. The molecule has 1 heterocycles. The highest BCUT2D eigenvalue weighted by atomic mass is 127. The lowest BCUT2D eigenvalue weighted by molar-refractivity contribution is 0.0389. The van der Waals surface area contributed by atoms with Gasteiger partial charge < -0.3 is 20.1 Å². The Hall–Kier alpha value is -1.06. The maximum absolute atomic E-state index is 5.67. The van der Waals surface area contributed by atoms with E-state index in [2.05, 4.69) is 39.6 Å². The molecule has 0 spiro atoms. The zero-order valence-corrected chi connectivity index (χ0v) is 18.5. The molecule has 1 fully saturated rings. The molecule has 2 N–H and O–H groups in total. The van der Waals surface area contributed by atoms with E-state index in [9.17, 15) is 0 Å². The predicted molar refractivity (Wildman–Crippen MR) is 118 cm³/mol. The maximum atomic E-state index is 5.67. The molecule has 0 aromatic heterocycles. The molecule has 6 nitrogen and oxygen atoms in total. The molecule has 148 valence electrons. The number of rotatable bonds is 8. The molecule has 0 atom stereocenters. The van der Waals surface area contributed by atoms with Crippen molar-refractivity contribution in [3.63, 3.8) is 0 Å². The van der Waals surface area contributed by atoms with Crippen molar-refractivity contribution in [3.8, 4) is 5.75 Å². The van der Waals surface area contributed by atoms with Crippen molar-refractivity contribution in [1.29, 1.82) is 0 Å². The number of aliphatic imine (C=N–C) groups is 1. The van der Waals surface area contributed by atoms with Gasteiger partial charge in [-0.1, -0.05) is 12.1 Å². The van der Waals surface area contributed by atoms with Gasteiger partial charge in [-0.3, -0.25) is 4.90 Å². The largest absolute Gasteiger partial charge is 0.491 e. The number of nitrogens with zero attached hydrogens (tertiary/aromatic N) is 2. The van der Waals surface area contributed by atoms with E-state index < -0.39 is 0 Å². The van der Waals surface area contributed by atoms with E-state index in [1.165, 1.54) is 5.56 Å². The Morgan fingerprint density at radius 2 is 1.88 bits per heavy atom. The van der Waals surface area contributed by atoms with Gasteiger partial charge in [0.05, 0.1) is 25.9 Å². The van der Waals surface area contributed by atoms with Crippen molar-refractivity contribution in [2.75, 3.05) is 45.9 Å². The van der Waals surface area contributed by atoms with Crippen LogP contribution in [0, 0.1) is 0 Å². The van der Waals surface area contributed by atoms with Crippen LogP contribution >= 0.6 is 24.0 Å². The van der Waals surface area contributed by atoms with Gasteiger partial charge in [0.2, 0.25) is 0 Å². The van der Waals surface area contributed by atoms with E-state index in [1.807, 2.05) is 26.0 Å². The SMILES string of the molecule is CCNC(=NCc1ccc(OC(C)C)cc1)NCCN1CCOCC1.I. The normalized spacial score (nSPS) is 15.5. The van der Waals surface area contributed by atoms with Gasteiger partial charge in [0.15, 0.2) is 5.96 Å². The third kappa shape index (κ3) is 9.05. The fraction of sp³-hybridized carbons (Fsp3) is 0.632. The molecule has 0 saturated carbocycles. The van der Waals surface area contributed by atoms with Gasteiger partial charge in [-0.25, -0.2) is 4.99 Å². The molecular weight excluding hydrogens is 443 g/mol. The molecule has 26 heavy (non-hydrogen) atoms. The van der Waals surface area contributed by atoms with Crippen LogP contribution < -0.4 is 15.4 Å².